The van der Waals surface area contributed by atoms with Crippen LogP contribution >= 0.6 is 24.8 Å². The Morgan fingerprint density at radius 2 is 1.79 bits per heavy atom. The van der Waals surface area contributed by atoms with Gasteiger partial charge in [0.15, 0.2) is 0 Å². The molecule has 0 aromatic carbocycles. The van der Waals surface area contributed by atoms with Crippen LogP contribution in [0.1, 0.15) is 44.9 Å². The maximum Gasteiger partial charge on any atom is 0.242 e. The van der Waals surface area contributed by atoms with E-state index in [2.05, 4.69) is 10.2 Å². The molecule has 1 saturated carbocycles. The van der Waals surface area contributed by atoms with Crippen molar-refractivity contribution in [1.82, 2.24) is 15.1 Å². The van der Waals surface area contributed by atoms with E-state index in [1.54, 1.807) is 7.11 Å². The molecule has 0 aromatic heterocycles. The van der Waals surface area contributed by atoms with Crippen LogP contribution in [0.2, 0.25) is 0 Å². The molecule has 7 nitrogen and oxygen atoms in total. The van der Waals surface area contributed by atoms with Crippen LogP contribution in [0.4, 0.5) is 0 Å². The molecule has 3 N–H and O–H groups in total. The zero-order valence-corrected chi connectivity index (χ0v) is 18.5. The fourth-order valence-corrected chi connectivity index (χ4v) is 4.49. The first-order chi connectivity index (χ1) is 12.5. The lowest BCUT2D eigenvalue weighted by Gasteiger charge is -2.45. The molecular formula is C19H36Cl2N4O3. The minimum Gasteiger partial charge on any atom is -0.383 e. The number of hydrogen-bond acceptors (Lipinski definition) is 5. The van der Waals surface area contributed by atoms with E-state index in [0.29, 0.717) is 19.2 Å². The number of nitrogens with zero attached hydrogens (tertiary/aromatic N) is 2. The Morgan fingerprint density at radius 3 is 2.36 bits per heavy atom. The van der Waals surface area contributed by atoms with Crippen LogP contribution in [0.5, 0.6) is 0 Å². The quantitative estimate of drug-likeness (QED) is 0.607. The predicted octanol–water partition coefficient (Wildman–Crippen LogP) is 1.18. The number of rotatable bonds is 6. The van der Waals surface area contributed by atoms with Crippen molar-refractivity contribution >= 4 is 36.6 Å². The first-order valence-electron chi connectivity index (χ1n) is 10.1. The van der Waals surface area contributed by atoms with Crippen molar-refractivity contribution in [2.75, 3.05) is 46.4 Å². The van der Waals surface area contributed by atoms with E-state index in [-0.39, 0.29) is 42.5 Å². The van der Waals surface area contributed by atoms with Crippen molar-refractivity contribution in [2.45, 2.75) is 56.5 Å². The van der Waals surface area contributed by atoms with Gasteiger partial charge in [-0.05, 0) is 51.5 Å². The second kappa shape index (κ2) is 11.6. The molecule has 0 aromatic rings. The highest BCUT2D eigenvalue weighted by atomic mass is 35.5. The summed E-state index contributed by atoms with van der Waals surface area (Å²) in [6.45, 7) is 4.61. The summed E-state index contributed by atoms with van der Waals surface area (Å²) in [6.07, 6.45) is 6.73. The molecular weight excluding hydrogens is 403 g/mol. The number of hydrogen-bond donors (Lipinski definition) is 2. The molecule has 2 amide bonds. The molecule has 3 aliphatic rings. The van der Waals surface area contributed by atoms with Gasteiger partial charge >= 0.3 is 0 Å². The first-order valence-corrected chi connectivity index (χ1v) is 10.1. The second-order valence-corrected chi connectivity index (χ2v) is 8.15. The monoisotopic (exact) mass is 438 g/mol. The third kappa shape index (κ3) is 5.95. The Morgan fingerprint density at radius 1 is 1.11 bits per heavy atom. The van der Waals surface area contributed by atoms with Crippen LogP contribution in [-0.2, 0) is 14.3 Å². The van der Waals surface area contributed by atoms with Gasteiger partial charge in [-0.15, -0.1) is 24.8 Å². The molecule has 0 bridgehead atoms. The zero-order chi connectivity index (χ0) is 18.6. The molecule has 2 aliphatic heterocycles. The number of likely N-dealkylation sites (tertiary alicyclic amines) is 2. The van der Waals surface area contributed by atoms with E-state index in [1.165, 1.54) is 0 Å². The number of carbonyl (C=O) groups excluding carboxylic acids is 2. The summed E-state index contributed by atoms with van der Waals surface area (Å²) < 4.78 is 5.00. The minimum absolute atomic E-state index is 0. The van der Waals surface area contributed by atoms with E-state index in [4.69, 9.17) is 10.5 Å². The number of ether oxygens (including phenoxy) is 1. The van der Waals surface area contributed by atoms with Gasteiger partial charge in [-0.1, -0.05) is 0 Å². The van der Waals surface area contributed by atoms with Crippen LogP contribution in [0.25, 0.3) is 0 Å². The van der Waals surface area contributed by atoms with Crippen molar-refractivity contribution < 1.29 is 14.3 Å². The average Bonchev–Trinajstić information content (AvgIpc) is 2.66. The Balaban J connectivity index is 0.00000196. The summed E-state index contributed by atoms with van der Waals surface area (Å²) in [5.74, 6) is 0.369. The van der Waals surface area contributed by atoms with Gasteiger partial charge in [0.1, 0.15) is 0 Å². The lowest BCUT2D eigenvalue weighted by molar-refractivity contribution is -0.141. The summed E-state index contributed by atoms with van der Waals surface area (Å²) >= 11 is 0. The molecule has 1 atom stereocenters. The number of nitrogens with two attached hydrogens (primary N) is 1. The fraction of sp³-hybridized carbons (Fsp3) is 0.895. The fourth-order valence-electron chi connectivity index (χ4n) is 4.49. The third-order valence-corrected chi connectivity index (χ3v) is 6.37. The largest absolute Gasteiger partial charge is 0.383 e. The molecule has 3 rings (SSSR count). The van der Waals surface area contributed by atoms with E-state index >= 15 is 0 Å². The van der Waals surface area contributed by atoms with Crippen LogP contribution in [-0.4, -0.2) is 79.6 Å². The van der Waals surface area contributed by atoms with Gasteiger partial charge in [0.05, 0.1) is 18.1 Å². The Hall–Kier alpha value is -0.600. The lowest BCUT2D eigenvalue weighted by Crippen LogP contribution is -2.61. The highest BCUT2D eigenvalue weighted by molar-refractivity contribution is 5.87. The number of nitrogens with one attached hydrogen (secondary N) is 1. The van der Waals surface area contributed by atoms with Crippen LogP contribution in [0.3, 0.4) is 0 Å². The number of halogens is 2. The highest BCUT2D eigenvalue weighted by Crippen LogP contribution is 2.32. The predicted molar refractivity (Wildman–Crippen MR) is 114 cm³/mol. The molecule has 28 heavy (non-hydrogen) atoms. The van der Waals surface area contributed by atoms with Gasteiger partial charge in [0.25, 0.3) is 0 Å². The molecule has 164 valence electrons. The normalized spacial score (nSPS) is 25.1. The van der Waals surface area contributed by atoms with Crippen molar-refractivity contribution in [2.24, 2.45) is 11.7 Å². The maximum absolute atomic E-state index is 12.6. The van der Waals surface area contributed by atoms with Crippen molar-refractivity contribution in [3.05, 3.63) is 0 Å². The summed E-state index contributed by atoms with van der Waals surface area (Å²) in [7, 11) is 1.64. The van der Waals surface area contributed by atoms with E-state index < -0.39 is 5.54 Å². The van der Waals surface area contributed by atoms with E-state index in [0.717, 1.165) is 71.1 Å². The third-order valence-electron chi connectivity index (χ3n) is 6.37. The van der Waals surface area contributed by atoms with Crippen LogP contribution in [0, 0.1) is 5.92 Å². The number of amides is 2. The van der Waals surface area contributed by atoms with Gasteiger partial charge in [-0.25, -0.2) is 0 Å². The zero-order valence-electron chi connectivity index (χ0n) is 16.9. The Labute approximate surface area is 180 Å². The van der Waals surface area contributed by atoms with Gasteiger partial charge in [0.2, 0.25) is 11.8 Å². The van der Waals surface area contributed by atoms with Gasteiger partial charge in [0, 0.05) is 39.3 Å². The average molecular weight is 439 g/mol. The number of methoxy groups -OCH3 is 1. The first kappa shape index (κ1) is 25.4. The molecule has 2 heterocycles. The second-order valence-electron chi connectivity index (χ2n) is 8.15. The molecule has 3 fully saturated rings. The van der Waals surface area contributed by atoms with Gasteiger partial charge < -0.3 is 20.7 Å². The number of piperidine rings is 2. The van der Waals surface area contributed by atoms with Gasteiger partial charge in [-0.2, -0.15) is 0 Å². The topological polar surface area (TPSA) is 87.9 Å². The smallest absolute Gasteiger partial charge is 0.242 e. The van der Waals surface area contributed by atoms with Crippen LogP contribution < -0.4 is 11.1 Å². The molecule has 1 unspecified atom stereocenters. The van der Waals surface area contributed by atoms with Crippen molar-refractivity contribution in [3.63, 3.8) is 0 Å². The summed E-state index contributed by atoms with van der Waals surface area (Å²) in [6, 6.07) is 0.476. The van der Waals surface area contributed by atoms with E-state index in [1.807, 2.05) is 4.90 Å². The Bertz CT molecular complexity index is 511. The molecule has 0 spiro atoms. The number of carbonyl (C=O) groups is 2. The lowest BCUT2D eigenvalue weighted by atomic mass is 9.76. The molecule has 2 saturated heterocycles. The van der Waals surface area contributed by atoms with E-state index in [9.17, 15) is 9.59 Å². The molecule has 1 aliphatic carbocycles. The van der Waals surface area contributed by atoms with Gasteiger partial charge in [-0.3, -0.25) is 14.5 Å². The standard InChI is InChI=1S/C19H34N4O3.2ClH/c1-26-13-9-21-17(24)15-4-2-10-23(14-15)16-5-11-22(12-6-16)18(25)19(20)7-3-8-19;;/h15-16H,2-14,20H2,1H3,(H,21,24);2*1H. The van der Waals surface area contributed by atoms with Crippen molar-refractivity contribution in [3.8, 4) is 0 Å². The summed E-state index contributed by atoms with van der Waals surface area (Å²) in [5, 5.41) is 2.97. The summed E-state index contributed by atoms with van der Waals surface area (Å²) in [4.78, 5) is 29.3. The Kier molecular flexibility index (Phi) is 10.5. The van der Waals surface area contributed by atoms with Crippen molar-refractivity contribution in [1.29, 1.82) is 0 Å². The summed E-state index contributed by atoms with van der Waals surface area (Å²) in [5.41, 5.74) is 5.62. The van der Waals surface area contributed by atoms with Crippen LogP contribution in [0.15, 0.2) is 0 Å². The molecule has 0 radical (unpaired) electrons. The SMILES string of the molecule is COCCNC(=O)C1CCCN(C2CCN(C(=O)C3(N)CCC3)CC2)C1.Cl.Cl. The minimum atomic E-state index is -0.580. The molecule has 9 heteroatoms. The maximum atomic E-state index is 12.6. The highest BCUT2D eigenvalue weighted by Gasteiger charge is 2.43.